The number of benzene rings is 1. The summed E-state index contributed by atoms with van der Waals surface area (Å²) >= 11 is 0. The molecule has 0 spiro atoms. The van der Waals surface area contributed by atoms with Crippen molar-refractivity contribution in [1.82, 2.24) is 5.32 Å². The van der Waals surface area contributed by atoms with Crippen molar-refractivity contribution in [2.75, 3.05) is 13.6 Å². The molecule has 1 aliphatic carbocycles. The van der Waals surface area contributed by atoms with E-state index in [2.05, 4.69) is 31.3 Å². The summed E-state index contributed by atoms with van der Waals surface area (Å²) < 4.78 is 0. The molecule has 0 saturated heterocycles. The van der Waals surface area contributed by atoms with Crippen molar-refractivity contribution in [3.05, 3.63) is 35.4 Å². The second-order valence-electron chi connectivity index (χ2n) is 5.92. The van der Waals surface area contributed by atoms with Crippen molar-refractivity contribution < 1.29 is 4.79 Å². The first-order chi connectivity index (χ1) is 9.13. The Morgan fingerprint density at radius 1 is 1.32 bits per heavy atom. The molecule has 1 atom stereocenters. The zero-order valence-electron chi connectivity index (χ0n) is 12.3. The Balaban J connectivity index is 2.15. The van der Waals surface area contributed by atoms with Crippen molar-refractivity contribution in [2.24, 2.45) is 5.41 Å². The number of rotatable bonds is 6. The number of carbonyl (C=O) groups excluding carboxylic acids is 1. The van der Waals surface area contributed by atoms with Gasteiger partial charge in [0.2, 0.25) is 0 Å². The van der Waals surface area contributed by atoms with Crippen molar-refractivity contribution in [2.45, 2.75) is 45.4 Å². The van der Waals surface area contributed by atoms with Crippen molar-refractivity contribution in [3.8, 4) is 0 Å². The summed E-state index contributed by atoms with van der Waals surface area (Å²) in [6, 6.07) is 8.26. The van der Waals surface area contributed by atoms with Gasteiger partial charge in [0.05, 0.1) is 0 Å². The minimum atomic E-state index is -0.132. The maximum absolute atomic E-state index is 12.6. The summed E-state index contributed by atoms with van der Waals surface area (Å²) in [6.07, 6.45) is 4.37. The van der Waals surface area contributed by atoms with Gasteiger partial charge in [-0.2, -0.15) is 0 Å². The van der Waals surface area contributed by atoms with E-state index in [4.69, 9.17) is 0 Å². The molecule has 0 amide bonds. The molecule has 1 N–H and O–H groups in total. The topological polar surface area (TPSA) is 29.1 Å². The molecule has 104 valence electrons. The first kappa shape index (κ1) is 14.3. The second kappa shape index (κ2) is 5.87. The first-order valence-electron chi connectivity index (χ1n) is 7.42. The minimum Gasteiger partial charge on any atom is -0.319 e. The van der Waals surface area contributed by atoms with E-state index in [-0.39, 0.29) is 5.41 Å². The van der Waals surface area contributed by atoms with Crippen LogP contribution >= 0.6 is 0 Å². The lowest BCUT2D eigenvalue weighted by molar-refractivity contribution is 0.0614. The van der Waals surface area contributed by atoms with Crippen LogP contribution in [0.2, 0.25) is 0 Å². The molecule has 0 aliphatic heterocycles. The molecule has 2 nitrogen and oxygen atoms in total. The SMILES string of the molecule is CCC(C)c1ccc(C(=O)C2(CNC)CCC2)cc1. The molecule has 19 heavy (non-hydrogen) atoms. The summed E-state index contributed by atoms with van der Waals surface area (Å²) in [4.78, 5) is 12.6. The van der Waals surface area contributed by atoms with Crippen LogP contribution in [0.3, 0.4) is 0 Å². The summed E-state index contributed by atoms with van der Waals surface area (Å²) in [5.41, 5.74) is 2.07. The summed E-state index contributed by atoms with van der Waals surface area (Å²) in [5, 5.41) is 3.18. The van der Waals surface area contributed by atoms with Crippen LogP contribution in [0.1, 0.15) is 61.4 Å². The van der Waals surface area contributed by atoms with Gasteiger partial charge < -0.3 is 5.32 Å². The number of ketones is 1. The molecule has 1 fully saturated rings. The molecule has 1 aromatic carbocycles. The fraction of sp³-hybridized carbons (Fsp3) is 0.588. The van der Waals surface area contributed by atoms with Gasteiger partial charge in [-0.1, -0.05) is 44.5 Å². The zero-order valence-corrected chi connectivity index (χ0v) is 12.3. The van der Waals surface area contributed by atoms with Crippen LogP contribution in [0.15, 0.2) is 24.3 Å². The van der Waals surface area contributed by atoms with Crippen molar-refractivity contribution >= 4 is 5.78 Å². The highest BCUT2D eigenvalue weighted by Crippen LogP contribution is 2.43. The lowest BCUT2D eigenvalue weighted by Crippen LogP contribution is -2.45. The van der Waals surface area contributed by atoms with Crippen LogP contribution in [-0.2, 0) is 0 Å². The zero-order chi connectivity index (χ0) is 13.9. The standard InChI is InChI=1S/C17H25NO/c1-4-13(2)14-6-8-15(9-7-14)16(19)17(12-18-3)10-5-11-17/h6-9,13,18H,4-5,10-12H2,1-3H3. The van der Waals surface area contributed by atoms with Gasteiger partial charge in [-0.3, -0.25) is 4.79 Å². The van der Waals surface area contributed by atoms with E-state index in [1.54, 1.807) is 0 Å². The van der Waals surface area contributed by atoms with Gasteiger partial charge in [0.1, 0.15) is 0 Å². The molecule has 2 heteroatoms. The Morgan fingerprint density at radius 2 is 1.95 bits per heavy atom. The molecule has 0 aromatic heterocycles. The Labute approximate surface area is 116 Å². The highest BCUT2D eigenvalue weighted by molar-refractivity contribution is 6.01. The van der Waals surface area contributed by atoms with Crippen LogP contribution in [-0.4, -0.2) is 19.4 Å². The summed E-state index contributed by atoms with van der Waals surface area (Å²) in [7, 11) is 1.93. The van der Waals surface area contributed by atoms with Gasteiger partial charge in [0.25, 0.3) is 0 Å². The molecule has 1 aliphatic rings. The van der Waals surface area contributed by atoms with E-state index in [1.165, 1.54) is 12.0 Å². The highest BCUT2D eigenvalue weighted by Gasteiger charge is 2.43. The Bertz CT molecular complexity index is 431. The van der Waals surface area contributed by atoms with Gasteiger partial charge in [0, 0.05) is 17.5 Å². The molecule has 0 bridgehead atoms. The number of carbonyl (C=O) groups is 1. The van der Waals surface area contributed by atoms with E-state index < -0.39 is 0 Å². The third-order valence-electron chi connectivity index (χ3n) is 4.66. The minimum absolute atomic E-state index is 0.132. The van der Waals surface area contributed by atoms with Crippen LogP contribution in [0.4, 0.5) is 0 Å². The molecule has 0 radical (unpaired) electrons. The Hall–Kier alpha value is -1.15. The molecular formula is C17H25NO. The van der Waals surface area contributed by atoms with E-state index in [0.717, 1.165) is 31.4 Å². The number of Topliss-reactive ketones (excluding diaryl/α,β-unsaturated/α-hetero) is 1. The van der Waals surface area contributed by atoms with Crippen molar-refractivity contribution in [3.63, 3.8) is 0 Å². The maximum Gasteiger partial charge on any atom is 0.170 e. The monoisotopic (exact) mass is 259 g/mol. The predicted molar refractivity (Wildman–Crippen MR) is 79.7 cm³/mol. The third kappa shape index (κ3) is 2.74. The Morgan fingerprint density at radius 3 is 2.37 bits per heavy atom. The average molecular weight is 259 g/mol. The fourth-order valence-corrected chi connectivity index (χ4v) is 2.93. The second-order valence-corrected chi connectivity index (χ2v) is 5.92. The molecule has 1 aromatic rings. The molecule has 1 unspecified atom stereocenters. The van der Waals surface area contributed by atoms with Crippen molar-refractivity contribution in [1.29, 1.82) is 0 Å². The average Bonchev–Trinajstić information content (AvgIpc) is 2.41. The number of nitrogens with one attached hydrogen (secondary N) is 1. The third-order valence-corrected chi connectivity index (χ3v) is 4.66. The summed E-state index contributed by atoms with van der Waals surface area (Å²) in [5.74, 6) is 0.892. The van der Waals surface area contributed by atoms with E-state index in [1.807, 2.05) is 19.2 Å². The normalized spacial score (nSPS) is 18.7. The highest BCUT2D eigenvalue weighted by atomic mass is 16.1. The lowest BCUT2D eigenvalue weighted by Gasteiger charge is -2.40. The van der Waals surface area contributed by atoms with Crippen LogP contribution in [0.25, 0.3) is 0 Å². The summed E-state index contributed by atoms with van der Waals surface area (Å²) in [6.45, 7) is 5.23. The van der Waals surface area contributed by atoms with Gasteiger partial charge >= 0.3 is 0 Å². The van der Waals surface area contributed by atoms with E-state index in [0.29, 0.717) is 11.7 Å². The molecule has 1 saturated carbocycles. The van der Waals surface area contributed by atoms with Crippen LogP contribution < -0.4 is 5.32 Å². The van der Waals surface area contributed by atoms with Gasteiger partial charge in [-0.15, -0.1) is 0 Å². The first-order valence-corrected chi connectivity index (χ1v) is 7.42. The smallest absolute Gasteiger partial charge is 0.170 e. The largest absolute Gasteiger partial charge is 0.319 e. The van der Waals surface area contributed by atoms with Gasteiger partial charge in [-0.05, 0) is 37.8 Å². The fourth-order valence-electron chi connectivity index (χ4n) is 2.93. The van der Waals surface area contributed by atoms with E-state index >= 15 is 0 Å². The van der Waals surface area contributed by atoms with E-state index in [9.17, 15) is 4.79 Å². The van der Waals surface area contributed by atoms with Crippen LogP contribution in [0, 0.1) is 5.41 Å². The Kier molecular flexibility index (Phi) is 4.41. The van der Waals surface area contributed by atoms with Gasteiger partial charge in [0.15, 0.2) is 5.78 Å². The number of hydrogen-bond acceptors (Lipinski definition) is 2. The molecule has 2 rings (SSSR count). The maximum atomic E-state index is 12.6. The van der Waals surface area contributed by atoms with Crippen LogP contribution in [0.5, 0.6) is 0 Å². The predicted octanol–water partition coefficient (Wildman–Crippen LogP) is 3.77. The molecule has 0 heterocycles. The van der Waals surface area contributed by atoms with Gasteiger partial charge in [-0.25, -0.2) is 0 Å². The lowest BCUT2D eigenvalue weighted by atomic mass is 9.64. The molecular weight excluding hydrogens is 234 g/mol. The number of hydrogen-bond donors (Lipinski definition) is 1. The quantitative estimate of drug-likeness (QED) is 0.788.